The van der Waals surface area contributed by atoms with Crippen LogP contribution in [0.2, 0.25) is 0 Å². The van der Waals surface area contributed by atoms with Gasteiger partial charge in [-0.15, -0.1) is 0 Å². The van der Waals surface area contributed by atoms with Crippen molar-refractivity contribution in [2.45, 2.75) is 37.5 Å². The average Bonchev–Trinajstić information content (AvgIpc) is 3.53. The number of rotatable bonds is 7. The zero-order chi connectivity index (χ0) is 19.7. The number of likely N-dealkylation sites (tertiary alicyclic amines) is 1. The van der Waals surface area contributed by atoms with Crippen LogP contribution in [0, 0.1) is 5.92 Å². The number of fused-ring (bicyclic) bond motifs is 2. The SMILES string of the molecule is COCCCN1CCC2(CC1)C(=O)N(C)c1ccc(C(=O)NCC3CC3)cc12. The zero-order valence-electron chi connectivity index (χ0n) is 17.0. The van der Waals surface area contributed by atoms with Gasteiger partial charge in [0.05, 0.1) is 5.41 Å². The molecule has 28 heavy (non-hydrogen) atoms. The molecule has 1 spiro atoms. The van der Waals surface area contributed by atoms with Crippen LogP contribution in [-0.4, -0.2) is 63.7 Å². The Labute approximate surface area is 167 Å². The summed E-state index contributed by atoms with van der Waals surface area (Å²) >= 11 is 0. The fourth-order valence-electron chi connectivity index (χ4n) is 4.63. The molecule has 0 atom stereocenters. The topological polar surface area (TPSA) is 61.9 Å². The highest BCUT2D eigenvalue weighted by Crippen LogP contribution is 2.47. The number of carbonyl (C=O) groups excluding carboxylic acids is 2. The van der Waals surface area contributed by atoms with E-state index in [4.69, 9.17) is 4.74 Å². The van der Waals surface area contributed by atoms with Crippen LogP contribution in [0.5, 0.6) is 0 Å². The Hall–Kier alpha value is -1.92. The van der Waals surface area contributed by atoms with Crippen LogP contribution in [0.15, 0.2) is 18.2 Å². The van der Waals surface area contributed by atoms with Crippen molar-refractivity contribution in [1.82, 2.24) is 10.2 Å². The summed E-state index contributed by atoms with van der Waals surface area (Å²) in [7, 11) is 3.58. The first kappa shape index (κ1) is 19.4. The summed E-state index contributed by atoms with van der Waals surface area (Å²) in [6.07, 6.45) is 5.06. The monoisotopic (exact) mass is 385 g/mol. The smallest absolute Gasteiger partial charge is 0.251 e. The maximum absolute atomic E-state index is 13.2. The Morgan fingerprint density at radius 1 is 1.29 bits per heavy atom. The van der Waals surface area contributed by atoms with E-state index in [2.05, 4.69) is 10.2 Å². The van der Waals surface area contributed by atoms with Gasteiger partial charge in [-0.2, -0.15) is 0 Å². The molecule has 6 nitrogen and oxygen atoms in total. The molecule has 2 fully saturated rings. The summed E-state index contributed by atoms with van der Waals surface area (Å²) in [6.45, 7) is 4.34. The lowest BCUT2D eigenvalue weighted by Gasteiger charge is -2.38. The molecular weight excluding hydrogens is 354 g/mol. The lowest BCUT2D eigenvalue weighted by Crippen LogP contribution is -2.48. The van der Waals surface area contributed by atoms with E-state index in [1.165, 1.54) is 12.8 Å². The molecule has 1 saturated carbocycles. The Balaban J connectivity index is 1.51. The molecular formula is C22H31N3O3. The summed E-state index contributed by atoms with van der Waals surface area (Å²) in [6, 6.07) is 5.77. The van der Waals surface area contributed by atoms with Gasteiger partial charge in [0.1, 0.15) is 0 Å². The molecule has 4 rings (SSSR count). The number of benzene rings is 1. The van der Waals surface area contributed by atoms with Gasteiger partial charge in [-0.1, -0.05) is 0 Å². The normalized spacial score (nSPS) is 21.2. The maximum atomic E-state index is 13.2. The van der Waals surface area contributed by atoms with E-state index in [1.807, 2.05) is 25.2 Å². The minimum absolute atomic E-state index is 0.0242. The van der Waals surface area contributed by atoms with E-state index in [-0.39, 0.29) is 11.8 Å². The Bertz CT molecular complexity index is 751. The Kier molecular flexibility index (Phi) is 5.43. The summed E-state index contributed by atoms with van der Waals surface area (Å²) in [5.74, 6) is 0.804. The van der Waals surface area contributed by atoms with E-state index in [1.54, 1.807) is 12.0 Å². The summed E-state index contributed by atoms with van der Waals surface area (Å²) in [4.78, 5) is 30.0. The molecule has 2 amide bonds. The van der Waals surface area contributed by atoms with Crippen LogP contribution in [0.25, 0.3) is 0 Å². The first-order valence-electron chi connectivity index (χ1n) is 10.5. The van der Waals surface area contributed by atoms with Crippen molar-refractivity contribution < 1.29 is 14.3 Å². The zero-order valence-corrected chi connectivity index (χ0v) is 17.0. The molecule has 0 radical (unpaired) electrons. The molecule has 0 unspecified atom stereocenters. The number of amides is 2. The van der Waals surface area contributed by atoms with Crippen LogP contribution >= 0.6 is 0 Å². The minimum atomic E-state index is -0.478. The predicted octanol–water partition coefficient (Wildman–Crippen LogP) is 2.17. The predicted molar refractivity (Wildman–Crippen MR) is 109 cm³/mol. The van der Waals surface area contributed by atoms with Crippen molar-refractivity contribution in [2.24, 2.45) is 5.92 Å². The van der Waals surface area contributed by atoms with E-state index in [9.17, 15) is 9.59 Å². The second-order valence-corrected chi connectivity index (χ2v) is 8.52. The summed E-state index contributed by atoms with van der Waals surface area (Å²) < 4.78 is 5.15. The molecule has 1 aliphatic carbocycles. The standard InChI is InChI=1S/C22H31N3O3/c1-24-19-7-6-17(20(26)23-15-16-4-5-16)14-18(19)22(21(24)27)8-11-25(12-9-22)10-3-13-28-2/h6-7,14,16H,3-5,8-13,15H2,1-2H3,(H,23,26). The highest BCUT2D eigenvalue weighted by molar-refractivity contribution is 6.09. The molecule has 2 heterocycles. The minimum Gasteiger partial charge on any atom is -0.385 e. The lowest BCUT2D eigenvalue weighted by atomic mass is 9.73. The molecule has 2 aliphatic heterocycles. The van der Waals surface area contributed by atoms with Gasteiger partial charge in [0, 0.05) is 45.1 Å². The molecule has 0 bridgehead atoms. The quantitative estimate of drug-likeness (QED) is 0.731. The van der Waals surface area contributed by atoms with E-state index < -0.39 is 5.41 Å². The number of anilines is 1. The van der Waals surface area contributed by atoms with Crippen LogP contribution in [0.1, 0.15) is 48.0 Å². The number of nitrogens with one attached hydrogen (secondary N) is 1. The molecule has 1 N–H and O–H groups in total. The first-order chi connectivity index (χ1) is 13.5. The number of hydrogen-bond donors (Lipinski definition) is 1. The van der Waals surface area contributed by atoms with E-state index in [0.717, 1.165) is 63.3 Å². The van der Waals surface area contributed by atoms with Gasteiger partial charge >= 0.3 is 0 Å². The van der Waals surface area contributed by atoms with Crippen molar-refractivity contribution in [3.8, 4) is 0 Å². The molecule has 6 heteroatoms. The van der Waals surface area contributed by atoms with Crippen LogP contribution in [0.4, 0.5) is 5.69 Å². The van der Waals surface area contributed by atoms with Crippen LogP contribution in [0.3, 0.4) is 0 Å². The van der Waals surface area contributed by atoms with E-state index in [0.29, 0.717) is 11.5 Å². The Morgan fingerprint density at radius 3 is 2.71 bits per heavy atom. The molecule has 1 aromatic rings. The van der Waals surface area contributed by atoms with Crippen molar-refractivity contribution in [3.63, 3.8) is 0 Å². The second-order valence-electron chi connectivity index (χ2n) is 8.52. The van der Waals surface area contributed by atoms with Gasteiger partial charge in [-0.25, -0.2) is 0 Å². The number of ether oxygens (including phenoxy) is 1. The average molecular weight is 386 g/mol. The lowest BCUT2D eigenvalue weighted by molar-refractivity contribution is -0.124. The number of methoxy groups -OCH3 is 1. The third kappa shape index (κ3) is 3.55. The van der Waals surface area contributed by atoms with Crippen LogP contribution in [-0.2, 0) is 14.9 Å². The Morgan fingerprint density at radius 2 is 2.04 bits per heavy atom. The van der Waals surface area contributed by atoms with Gasteiger partial charge in [-0.05, 0) is 74.9 Å². The molecule has 3 aliphatic rings. The number of piperidine rings is 1. The first-order valence-corrected chi connectivity index (χ1v) is 10.5. The highest BCUT2D eigenvalue weighted by atomic mass is 16.5. The van der Waals surface area contributed by atoms with Gasteiger partial charge in [0.2, 0.25) is 5.91 Å². The molecule has 1 aromatic carbocycles. The summed E-state index contributed by atoms with van der Waals surface area (Å²) in [5, 5.41) is 3.04. The number of likely N-dealkylation sites (N-methyl/N-ethyl adjacent to an activating group) is 1. The molecule has 0 aromatic heterocycles. The fraction of sp³-hybridized carbons (Fsp3) is 0.636. The number of hydrogen-bond acceptors (Lipinski definition) is 4. The van der Waals surface area contributed by atoms with Crippen molar-refractivity contribution >= 4 is 17.5 Å². The molecule has 1 saturated heterocycles. The van der Waals surface area contributed by atoms with Crippen LogP contribution < -0.4 is 10.2 Å². The van der Waals surface area contributed by atoms with Gasteiger partial charge in [0.15, 0.2) is 0 Å². The van der Waals surface area contributed by atoms with Gasteiger partial charge in [0.25, 0.3) is 5.91 Å². The largest absolute Gasteiger partial charge is 0.385 e. The highest BCUT2D eigenvalue weighted by Gasteiger charge is 2.51. The van der Waals surface area contributed by atoms with E-state index >= 15 is 0 Å². The van der Waals surface area contributed by atoms with Gasteiger partial charge < -0.3 is 19.9 Å². The summed E-state index contributed by atoms with van der Waals surface area (Å²) in [5.41, 5.74) is 2.19. The number of carbonyl (C=O) groups is 2. The molecule has 152 valence electrons. The third-order valence-corrected chi connectivity index (χ3v) is 6.63. The van der Waals surface area contributed by atoms with Crippen molar-refractivity contribution in [3.05, 3.63) is 29.3 Å². The van der Waals surface area contributed by atoms with Gasteiger partial charge in [-0.3, -0.25) is 9.59 Å². The van der Waals surface area contributed by atoms with Crippen molar-refractivity contribution in [1.29, 1.82) is 0 Å². The second kappa shape index (κ2) is 7.84. The number of nitrogens with zero attached hydrogens (tertiary/aromatic N) is 2. The van der Waals surface area contributed by atoms with Crippen molar-refractivity contribution in [2.75, 3.05) is 51.8 Å². The maximum Gasteiger partial charge on any atom is 0.251 e. The third-order valence-electron chi connectivity index (χ3n) is 6.63. The fourth-order valence-corrected chi connectivity index (χ4v) is 4.63.